The molecular weight excluding hydrogens is 236 g/mol. The lowest BCUT2D eigenvalue weighted by atomic mass is 10.1. The summed E-state index contributed by atoms with van der Waals surface area (Å²) in [6.45, 7) is 1.59. The summed E-state index contributed by atoms with van der Waals surface area (Å²) >= 11 is 0. The summed E-state index contributed by atoms with van der Waals surface area (Å²) in [5.74, 6) is 1.000. The Labute approximate surface area is 105 Å². The van der Waals surface area contributed by atoms with Gasteiger partial charge in [0.05, 0.1) is 5.75 Å². The van der Waals surface area contributed by atoms with Crippen LogP contribution < -0.4 is 10.0 Å². The summed E-state index contributed by atoms with van der Waals surface area (Å²) in [5, 5.41) is 3.23. The van der Waals surface area contributed by atoms with Crippen molar-refractivity contribution in [2.24, 2.45) is 5.92 Å². The molecule has 0 spiro atoms. The maximum atomic E-state index is 11.8. The first kappa shape index (κ1) is 13.3. The number of hydrogen-bond acceptors (Lipinski definition) is 3. The standard InChI is InChI=1S/C12H24N2O2S/c15-17(16,10-12-6-3-8-13-12)14-9-7-11-4-1-2-5-11/h11-14H,1-10H2. The van der Waals surface area contributed by atoms with Crippen LogP contribution in [0.5, 0.6) is 0 Å². The summed E-state index contributed by atoms with van der Waals surface area (Å²) in [7, 11) is -3.07. The van der Waals surface area contributed by atoms with E-state index in [4.69, 9.17) is 0 Å². The topological polar surface area (TPSA) is 58.2 Å². The van der Waals surface area contributed by atoms with Gasteiger partial charge >= 0.3 is 0 Å². The average Bonchev–Trinajstić information content (AvgIpc) is 2.89. The second kappa shape index (κ2) is 6.16. The minimum absolute atomic E-state index is 0.166. The summed E-state index contributed by atoms with van der Waals surface area (Å²) in [6.07, 6.45) is 8.31. The first-order valence-electron chi connectivity index (χ1n) is 6.86. The lowest BCUT2D eigenvalue weighted by Crippen LogP contribution is -2.37. The van der Waals surface area contributed by atoms with Gasteiger partial charge in [-0.25, -0.2) is 13.1 Å². The molecule has 4 nitrogen and oxygen atoms in total. The van der Waals surface area contributed by atoms with Crippen molar-refractivity contribution in [3.05, 3.63) is 0 Å². The van der Waals surface area contributed by atoms with Crippen LogP contribution in [0.2, 0.25) is 0 Å². The molecule has 1 aliphatic heterocycles. The van der Waals surface area contributed by atoms with E-state index in [-0.39, 0.29) is 11.8 Å². The average molecular weight is 260 g/mol. The highest BCUT2D eigenvalue weighted by molar-refractivity contribution is 7.89. The quantitative estimate of drug-likeness (QED) is 0.755. The van der Waals surface area contributed by atoms with E-state index in [9.17, 15) is 8.42 Å². The number of nitrogens with one attached hydrogen (secondary N) is 2. The van der Waals surface area contributed by atoms with E-state index in [1.165, 1.54) is 25.7 Å². The Balaban J connectivity index is 1.65. The van der Waals surface area contributed by atoms with Crippen LogP contribution in [0.1, 0.15) is 44.9 Å². The van der Waals surface area contributed by atoms with Gasteiger partial charge in [0.2, 0.25) is 10.0 Å². The number of sulfonamides is 1. The fourth-order valence-corrected chi connectivity index (χ4v) is 4.30. The van der Waals surface area contributed by atoms with Gasteiger partial charge in [-0.1, -0.05) is 25.7 Å². The molecule has 2 aliphatic rings. The largest absolute Gasteiger partial charge is 0.313 e. The first-order valence-corrected chi connectivity index (χ1v) is 8.52. The third-order valence-electron chi connectivity index (χ3n) is 3.93. The van der Waals surface area contributed by atoms with Crippen LogP contribution >= 0.6 is 0 Å². The molecular formula is C12H24N2O2S. The maximum Gasteiger partial charge on any atom is 0.213 e. The van der Waals surface area contributed by atoms with Gasteiger partial charge in [0.1, 0.15) is 0 Å². The predicted octanol–water partition coefficient (Wildman–Crippen LogP) is 1.24. The fourth-order valence-electron chi connectivity index (χ4n) is 2.94. The highest BCUT2D eigenvalue weighted by Crippen LogP contribution is 2.26. The predicted molar refractivity (Wildman–Crippen MR) is 69.4 cm³/mol. The van der Waals surface area contributed by atoms with Crippen molar-refractivity contribution in [2.45, 2.75) is 51.0 Å². The Bertz CT molecular complexity index is 317. The van der Waals surface area contributed by atoms with Gasteiger partial charge in [-0.3, -0.25) is 0 Å². The lowest BCUT2D eigenvalue weighted by molar-refractivity contribution is 0.494. The zero-order valence-corrected chi connectivity index (χ0v) is 11.3. The summed E-state index contributed by atoms with van der Waals surface area (Å²) < 4.78 is 26.4. The lowest BCUT2D eigenvalue weighted by Gasteiger charge is -2.13. The minimum Gasteiger partial charge on any atom is -0.313 e. The fraction of sp³-hybridized carbons (Fsp3) is 1.00. The highest BCUT2D eigenvalue weighted by Gasteiger charge is 2.22. The minimum atomic E-state index is -3.07. The molecule has 1 saturated heterocycles. The monoisotopic (exact) mass is 260 g/mol. The Hall–Kier alpha value is -0.130. The Kier molecular flexibility index (Phi) is 4.82. The van der Waals surface area contributed by atoms with Crippen LogP contribution in [0.3, 0.4) is 0 Å². The zero-order valence-electron chi connectivity index (χ0n) is 10.5. The Morgan fingerprint density at radius 1 is 1.12 bits per heavy atom. The van der Waals surface area contributed by atoms with E-state index in [0.717, 1.165) is 31.7 Å². The van der Waals surface area contributed by atoms with E-state index in [0.29, 0.717) is 6.54 Å². The van der Waals surface area contributed by atoms with Crippen LogP contribution in [0.15, 0.2) is 0 Å². The Morgan fingerprint density at radius 2 is 1.88 bits per heavy atom. The molecule has 0 aromatic rings. The van der Waals surface area contributed by atoms with Gasteiger partial charge in [-0.15, -0.1) is 0 Å². The molecule has 2 rings (SSSR count). The molecule has 1 heterocycles. The van der Waals surface area contributed by atoms with Gasteiger partial charge in [-0.05, 0) is 31.7 Å². The Morgan fingerprint density at radius 3 is 2.53 bits per heavy atom. The normalized spacial score (nSPS) is 26.7. The molecule has 0 aromatic carbocycles. The molecule has 2 N–H and O–H groups in total. The molecule has 17 heavy (non-hydrogen) atoms. The van der Waals surface area contributed by atoms with Gasteiger partial charge in [0.15, 0.2) is 0 Å². The molecule has 0 radical (unpaired) electrons. The molecule has 0 amide bonds. The van der Waals surface area contributed by atoms with Crippen LogP contribution in [-0.4, -0.2) is 33.3 Å². The van der Waals surface area contributed by atoms with Crippen LogP contribution in [0.4, 0.5) is 0 Å². The van der Waals surface area contributed by atoms with Gasteiger partial charge in [0, 0.05) is 12.6 Å². The SMILES string of the molecule is O=S(=O)(CC1CCCN1)NCCC1CCCC1. The molecule has 1 saturated carbocycles. The van der Waals surface area contributed by atoms with Crippen LogP contribution in [0, 0.1) is 5.92 Å². The van der Waals surface area contributed by atoms with Crippen molar-refractivity contribution in [1.29, 1.82) is 0 Å². The molecule has 1 atom stereocenters. The van der Waals surface area contributed by atoms with E-state index < -0.39 is 10.0 Å². The third kappa shape index (κ3) is 4.56. The zero-order chi connectivity index (χ0) is 12.1. The van der Waals surface area contributed by atoms with E-state index in [1.54, 1.807) is 0 Å². The van der Waals surface area contributed by atoms with Crippen molar-refractivity contribution in [3.63, 3.8) is 0 Å². The third-order valence-corrected chi connectivity index (χ3v) is 5.42. The first-order chi connectivity index (χ1) is 8.16. The van der Waals surface area contributed by atoms with Crippen molar-refractivity contribution in [1.82, 2.24) is 10.0 Å². The van der Waals surface area contributed by atoms with E-state index >= 15 is 0 Å². The summed E-state index contributed by atoms with van der Waals surface area (Å²) in [6, 6.07) is 0.166. The van der Waals surface area contributed by atoms with Crippen molar-refractivity contribution in [2.75, 3.05) is 18.8 Å². The van der Waals surface area contributed by atoms with Gasteiger partial charge in [0.25, 0.3) is 0 Å². The number of rotatable bonds is 6. The molecule has 1 aliphatic carbocycles. The van der Waals surface area contributed by atoms with Crippen molar-refractivity contribution in [3.8, 4) is 0 Å². The van der Waals surface area contributed by atoms with Crippen molar-refractivity contribution >= 4 is 10.0 Å². The summed E-state index contributed by atoms with van der Waals surface area (Å²) in [4.78, 5) is 0. The maximum absolute atomic E-state index is 11.8. The molecule has 0 aromatic heterocycles. The molecule has 0 bridgehead atoms. The number of hydrogen-bond donors (Lipinski definition) is 2. The van der Waals surface area contributed by atoms with Crippen LogP contribution in [0.25, 0.3) is 0 Å². The van der Waals surface area contributed by atoms with Crippen LogP contribution in [-0.2, 0) is 10.0 Å². The molecule has 5 heteroatoms. The molecule has 1 unspecified atom stereocenters. The smallest absolute Gasteiger partial charge is 0.213 e. The highest BCUT2D eigenvalue weighted by atomic mass is 32.2. The van der Waals surface area contributed by atoms with E-state index in [2.05, 4.69) is 10.0 Å². The molecule has 100 valence electrons. The summed E-state index contributed by atoms with van der Waals surface area (Å²) in [5.41, 5.74) is 0. The molecule has 2 fully saturated rings. The van der Waals surface area contributed by atoms with Crippen molar-refractivity contribution < 1.29 is 8.42 Å². The van der Waals surface area contributed by atoms with Gasteiger partial charge in [-0.2, -0.15) is 0 Å². The second-order valence-electron chi connectivity index (χ2n) is 5.41. The second-order valence-corrected chi connectivity index (χ2v) is 7.26. The van der Waals surface area contributed by atoms with Gasteiger partial charge < -0.3 is 5.32 Å². The van der Waals surface area contributed by atoms with E-state index in [1.807, 2.05) is 0 Å².